The minimum Gasteiger partial charge on any atom is -0.453 e. The van der Waals surface area contributed by atoms with Gasteiger partial charge in [0.05, 0.1) is 5.56 Å². The zero-order chi connectivity index (χ0) is 14.0. The third-order valence-electron chi connectivity index (χ3n) is 2.54. The van der Waals surface area contributed by atoms with Gasteiger partial charge in [0.2, 0.25) is 5.82 Å². The van der Waals surface area contributed by atoms with Crippen LogP contribution in [0.25, 0.3) is 0 Å². The summed E-state index contributed by atoms with van der Waals surface area (Å²) in [6, 6.07) is 8.88. The van der Waals surface area contributed by atoms with E-state index in [4.69, 9.17) is 22.7 Å². The standard InChI is InChI=1S/C14H11F2NOS/c1-8-5-6-9(14(17)19)12(7-8)18-11-4-2-3-10(15)13(11)16/h2-7H,1H3,(H2,17,19). The molecule has 0 aliphatic heterocycles. The molecule has 0 bridgehead atoms. The SMILES string of the molecule is Cc1ccc(C(N)=S)c(Oc2cccc(F)c2F)c1. The first-order valence-electron chi connectivity index (χ1n) is 5.51. The first-order valence-corrected chi connectivity index (χ1v) is 5.92. The van der Waals surface area contributed by atoms with Gasteiger partial charge in [-0.3, -0.25) is 0 Å². The number of halogens is 2. The van der Waals surface area contributed by atoms with Crippen LogP contribution in [0.3, 0.4) is 0 Å². The summed E-state index contributed by atoms with van der Waals surface area (Å²) in [5.74, 6) is -1.92. The van der Waals surface area contributed by atoms with Gasteiger partial charge >= 0.3 is 0 Å². The number of rotatable bonds is 3. The molecule has 0 aromatic heterocycles. The Morgan fingerprint density at radius 1 is 1.16 bits per heavy atom. The molecular weight excluding hydrogens is 268 g/mol. The summed E-state index contributed by atoms with van der Waals surface area (Å²) < 4.78 is 32.1. The second-order valence-electron chi connectivity index (χ2n) is 4.02. The monoisotopic (exact) mass is 279 g/mol. The van der Waals surface area contributed by atoms with E-state index in [9.17, 15) is 8.78 Å². The summed E-state index contributed by atoms with van der Waals surface area (Å²) in [6.45, 7) is 1.85. The molecular formula is C14H11F2NOS. The zero-order valence-electron chi connectivity index (χ0n) is 10.1. The van der Waals surface area contributed by atoms with Gasteiger partial charge in [0.1, 0.15) is 10.7 Å². The van der Waals surface area contributed by atoms with Crippen LogP contribution in [0.15, 0.2) is 36.4 Å². The van der Waals surface area contributed by atoms with E-state index in [0.717, 1.165) is 11.6 Å². The molecule has 2 rings (SSSR count). The molecule has 0 aliphatic carbocycles. The fourth-order valence-electron chi connectivity index (χ4n) is 1.60. The zero-order valence-corrected chi connectivity index (χ0v) is 10.9. The molecule has 0 atom stereocenters. The average Bonchev–Trinajstić information content (AvgIpc) is 2.35. The van der Waals surface area contributed by atoms with Crippen molar-refractivity contribution in [3.05, 3.63) is 59.2 Å². The maximum Gasteiger partial charge on any atom is 0.201 e. The summed E-state index contributed by atoms with van der Waals surface area (Å²) in [7, 11) is 0. The maximum absolute atomic E-state index is 13.6. The number of hydrogen-bond donors (Lipinski definition) is 1. The van der Waals surface area contributed by atoms with Crippen LogP contribution in [0.1, 0.15) is 11.1 Å². The van der Waals surface area contributed by atoms with E-state index in [0.29, 0.717) is 11.3 Å². The lowest BCUT2D eigenvalue weighted by molar-refractivity contribution is 0.415. The van der Waals surface area contributed by atoms with Crippen molar-refractivity contribution < 1.29 is 13.5 Å². The van der Waals surface area contributed by atoms with Gasteiger partial charge in [0.15, 0.2) is 11.6 Å². The Labute approximate surface area is 114 Å². The van der Waals surface area contributed by atoms with E-state index in [1.807, 2.05) is 13.0 Å². The molecule has 98 valence electrons. The molecule has 19 heavy (non-hydrogen) atoms. The Kier molecular flexibility index (Phi) is 3.76. The van der Waals surface area contributed by atoms with Gasteiger partial charge in [-0.05, 0) is 36.8 Å². The van der Waals surface area contributed by atoms with E-state index in [1.54, 1.807) is 12.1 Å². The van der Waals surface area contributed by atoms with Crippen molar-refractivity contribution in [2.75, 3.05) is 0 Å². The van der Waals surface area contributed by atoms with E-state index in [1.165, 1.54) is 12.1 Å². The second-order valence-corrected chi connectivity index (χ2v) is 4.46. The van der Waals surface area contributed by atoms with Crippen LogP contribution in [0.4, 0.5) is 8.78 Å². The molecule has 0 amide bonds. The molecule has 0 heterocycles. The van der Waals surface area contributed by atoms with E-state index in [-0.39, 0.29) is 10.7 Å². The number of benzene rings is 2. The number of ether oxygens (including phenoxy) is 1. The van der Waals surface area contributed by atoms with Crippen molar-refractivity contribution in [1.29, 1.82) is 0 Å². The molecule has 5 heteroatoms. The van der Waals surface area contributed by atoms with Gasteiger partial charge in [-0.1, -0.05) is 24.4 Å². The molecule has 0 fully saturated rings. The Morgan fingerprint density at radius 2 is 1.89 bits per heavy atom. The fraction of sp³-hybridized carbons (Fsp3) is 0.0714. The summed E-state index contributed by atoms with van der Waals surface area (Å²) in [5.41, 5.74) is 6.94. The third-order valence-corrected chi connectivity index (χ3v) is 2.76. The van der Waals surface area contributed by atoms with Crippen molar-refractivity contribution in [3.8, 4) is 11.5 Å². The van der Waals surface area contributed by atoms with E-state index < -0.39 is 11.6 Å². The number of aryl methyl sites for hydroxylation is 1. The largest absolute Gasteiger partial charge is 0.453 e. The normalized spacial score (nSPS) is 10.3. The van der Waals surface area contributed by atoms with Crippen molar-refractivity contribution in [3.63, 3.8) is 0 Å². The third kappa shape index (κ3) is 2.88. The molecule has 2 N–H and O–H groups in total. The van der Waals surface area contributed by atoms with Gasteiger partial charge in [-0.2, -0.15) is 4.39 Å². The molecule has 0 saturated heterocycles. The van der Waals surface area contributed by atoms with Crippen molar-refractivity contribution >= 4 is 17.2 Å². The van der Waals surface area contributed by atoms with Crippen molar-refractivity contribution in [2.24, 2.45) is 5.73 Å². The van der Waals surface area contributed by atoms with Gasteiger partial charge in [-0.15, -0.1) is 0 Å². The van der Waals surface area contributed by atoms with Crippen LogP contribution in [0, 0.1) is 18.6 Å². The highest BCUT2D eigenvalue weighted by atomic mass is 32.1. The number of nitrogens with two attached hydrogens (primary N) is 1. The van der Waals surface area contributed by atoms with Gasteiger partial charge in [0, 0.05) is 0 Å². The molecule has 0 spiro atoms. The van der Waals surface area contributed by atoms with Crippen LogP contribution < -0.4 is 10.5 Å². The lowest BCUT2D eigenvalue weighted by atomic mass is 10.1. The quantitative estimate of drug-likeness (QED) is 0.870. The molecule has 0 aliphatic rings. The molecule has 0 radical (unpaired) electrons. The van der Waals surface area contributed by atoms with Crippen LogP contribution in [0.2, 0.25) is 0 Å². The molecule has 0 saturated carbocycles. The van der Waals surface area contributed by atoms with E-state index >= 15 is 0 Å². The smallest absolute Gasteiger partial charge is 0.201 e. The van der Waals surface area contributed by atoms with E-state index in [2.05, 4.69) is 0 Å². The highest BCUT2D eigenvalue weighted by Crippen LogP contribution is 2.29. The summed E-state index contributed by atoms with van der Waals surface area (Å²) >= 11 is 4.90. The number of hydrogen-bond acceptors (Lipinski definition) is 2. The van der Waals surface area contributed by atoms with Crippen molar-refractivity contribution in [1.82, 2.24) is 0 Å². The van der Waals surface area contributed by atoms with Crippen LogP contribution in [-0.2, 0) is 0 Å². The molecule has 2 aromatic carbocycles. The Hall–Kier alpha value is -2.01. The van der Waals surface area contributed by atoms with Gasteiger partial charge < -0.3 is 10.5 Å². The lowest BCUT2D eigenvalue weighted by Crippen LogP contribution is -2.11. The summed E-state index contributed by atoms with van der Waals surface area (Å²) in [6.07, 6.45) is 0. The van der Waals surface area contributed by atoms with Gasteiger partial charge in [-0.25, -0.2) is 4.39 Å². The van der Waals surface area contributed by atoms with Crippen LogP contribution >= 0.6 is 12.2 Å². The predicted molar refractivity (Wildman–Crippen MR) is 73.5 cm³/mol. The highest BCUT2D eigenvalue weighted by molar-refractivity contribution is 7.80. The Bertz CT molecular complexity index is 643. The first-order chi connectivity index (χ1) is 8.99. The summed E-state index contributed by atoms with van der Waals surface area (Å²) in [4.78, 5) is 0.131. The van der Waals surface area contributed by atoms with Crippen molar-refractivity contribution in [2.45, 2.75) is 6.92 Å². The van der Waals surface area contributed by atoms with Crippen LogP contribution in [-0.4, -0.2) is 4.99 Å². The van der Waals surface area contributed by atoms with Gasteiger partial charge in [0.25, 0.3) is 0 Å². The Balaban J connectivity index is 2.45. The fourth-order valence-corrected chi connectivity index (χ4v) is 1.77. The van der Waals surface area contributed by atoms with Crippen LogP contribution in [0.5, 0.6) is 11.5 Å². The lowest BCUT2D eigenvalue weighted by Gasteiger charge is -2.12. The predicted octanol–water partition coefficient (Wildman–Crippen LogP) is 3.70. The maximum atomic E-state index is 13.6. The molecule has 2 nitrogen and oxygen atoms in total. The minimum absolute atomic E-state index is 0.131. The molecule has 0 unspecified atom stereocenters. The minimum atomic E-state index is -1.04. The average molecular weight is 279 g/mol. The summed E-state index contributed by atoms with van der Waals surface area (Å²) in [5, 5.41) is 0. The highest BCUT2D eigenvalue weighted by Gasteiger charge is 2.13. The topological polar surface area (TPSA) is 35.2 Å². The second kappa shape index (κ2) is 5.32. The Morgan fingerprint density at radius 3 is 2.58 bits per heavy atom. The number of thiocarbonyl (C=S) groups is 1. The molecule has 2 aromatic rings. The first kappa shape index (κ1) is 13.4.